The maximum atomic E-state index is 12.9. The summed E-state index contributed by atoms with van der Waals surface area (Å²) in [5.41, 5.74) is -4.96. The molecule has 0 N–H and O–H groups in total. The van der Waals surface area contributed by atoms with E-state index in [4.69, 9.17) is 14.3 Å². The average molecular weight is 506 g/mol. The third-order valence-electron chi connectivity index (χ3n) is 3.97. The smallest absolute Gasteiger partial charge is 0.380 e. The lowest BCUT2D eigenvalue weighted by Gasteiger charge is -2.16. The minimum absolute atomic E-state index is 0.258. The summed E-state index contributed by atoms with van der Waals surface area (Å²) in [5.74, 6) is 0. The van der Waals surface area contributed by atoms with Crippen molar-refractivity contribution in [1.29, 1.82) is 0 Å². The lowest BCUT2D eigenvalue weighted by Crippen LogP contribution is -2.50. The summed E-state index contributed by atoms with van der Waals surface area (Å²) >= 11 is 0. The van der Waals surface area contributed by atoms with E-state index in [1.807, 2.05) is 0 Å². The maximum absolute atomic E-state index is 12.9. The lowest BCUT2D eigenvalue weighted by atomic mass is 10.3. The molecule has 0 atom stereocenters. The van der Waals surface area contributed by atoms with E-state index in [-0.39, 0.29) is 31.6 Å². The first-order chi connectivity index (χ1) is 15.4. The van der Waals surface area contributed by atoms with E-state index in [9.17, 15) is 39.5 Å². The molecule has 0 aliphatic rings. The summed E-state index contributed by atoms with van der Waals surface area (Å²) in [5, 5.41) is 9.38. The molecule has 19 heteroatoms. The van der Waals surface area contributed by atoms with Crippen LogP contribution in [0, 0.1) is 20.8 Å². The van der Waals surface area contributed by atoms with Gasteiger partial charge >= 0.3 is 25.9 Å². The van der Waals surface area contributed by atoms with Gasteiger partial charge in [-0.1, -0.05) is 0 Å². The molecule has 0 saturated heterocycles. The Morgan fingerprint density at radius 1 is 0.559 bits per heavy atom. The van der Waals surface area contributed by atoms with Crippen molar-refractivity contribution in [3.63, 3.8) is 0 Å². The monoisotopic (exact) mass is 506 g/mol. The summed E-state index contributed by atoms with van der Waals surface area (Å²) in [6.07, 6.45) is -14.6. The molecule has 0 fully saturated rings. The van der Waals surface area contributed by atoms with Crippen LogP contribution in [-0.2, 0) is 18.5 Å². The highest BCUT2D eigenvalue weighted by molar-refractivity contribution is 6.37. The van der Waals surface area contributed by atoms with Crippen molar-refractivity contribution >= 4 is 7.32 Å². The summed E-state index contributed by atoms with van der Waals surface area (Å²) in [6.45, 7) is 3.38. The zero-order chi connectivity index (χ0) is 25.6. The molecule has 3 aromatic heterocycles. The van der Waals surface area contributed by atoms with E-state index < -0.39 is 42.9 Å². The molecule has 0 radical (unpaired) electrons. The van der Waals surface area contributed by atoms with Crippen LogP contribution in [0.1, 0.15) is 34.2 Å². The Balaban J connectivity index is 1.95. The second kappa shape index (κ2) is 8.35. The molecule has 3 heterocycles. The van der Waals surface area contributed by atoms with Crippen LogP contribution >= 0.6 is 0 Å². The highest BCUT2D eigenvalue weighted by atomic mass is 19.4. The van der Waals surface area contributed by atoms with Gasteiger partial charge in [0.15, 0.2) is 17.1 Å². The molecular weight excluding hydrogens is 494 g/mol. The number of hydrogen-bond donors (Lipinski definition) is 0. The predicted octanol–water partition coefficient (Wildman–Crippen LogP) is 2.93. The maximum Gasteiger partial charge on any atom is 0.929 e. The molecule has 0 unspecified atom stereocenters. The van der Waals surface area contributed by atoms with Gasteiger partial charge in [-0.3, -0.25) is 0 Å². The molecule has 0 saturated carbocycles. The van der Waals surface area contributed by atoms with E-state index in [1.165, 1.54) is 0 Å². The molecule has 9 nitrogen and oxygen atoms in total. The van der Waals surface area contributed by atoms with Gasteiger partial charge in [-0.05, 0) is 39.0 Å². The number of alkyl halides is 9. The first-order valence-corrected chi connectivity index (χ1v) is 8.88. The van der Waals surface area contributed by atoms with Crippen molar-refractivity contribution in [3.8, 4) is 0 Å². The first kappa shape index (κ1) is 25.1. The quantitative estimate of drug-likeness (QED) is 0.378. The normalized spacial score (nSPS) is 12.7. The van der Waals surface area contributed by atoms with Gasteiger partial charge in [0, 0.05) is 0 Å². The standard InChI is InChI=1S/C15H12BF9N6O3/c1-7-4-10(13(17,18)19)26-29(7)32-16(33-30-8(2)5-11(27-30)14(20,21)22)34-31-9(3)6-12(28-31)15(23,24)25/h4-6H,1-3H3. The van der Waals surface area contributed by atoms with Crippen LogP contribution in [0.5, 0.6) is 0 Å². The van der Waals surface area contributed by atoms with Gasteiger partial charge in [0.25, 0.3) is 0 Å². The van der Waals surface area contributed by atoms with Crippen LogP contribution in [-0.4, -0.2) is 37.2 Å². The molecule has 0 bridgehead atoms. The molecule has 0 amide bonds. The summed E-state index contributed by atoms with van der Waals surface area (Å²) in [6, 6.07) is 1.71. The van der Waals surface area contributed by atoms with Crippen LogP contribution in [0.2, 0.25) is 0 Å². The number of aromatic nitrogens is 6. The Labute approximate surface area is 183 Å². The summed E-state index contributed by atoms with van der Waals surface area (Å²) in [7, 11) is -2.31. The highest BCUT2D eigenvalue weighted by Crippen LogP contribution is 2.30. The van der Waals surface area contributed by atoms with Crippen LogP contribution in [0.4, 0.5) is 39.5 Å². The topological polar surface area (TPSA) is 81.1 Å². The van der Waals surface area contributed by atoms with E-state index in [0.29, 0.717) is 18.2 Å². The number of rotatable bonds is 6. The summed E-state index contributed by atoms with van der Waals surface area (Å²) in [4.78, 5) is 0.793. The fraction of sp³-hybridized carbons (Fsp3) is 0.400. The SMILES string of the molecule is Cc1cc(C(F)(F)F)nn1OB(On1nc(C(F)(F)F)cc1C)On1nc(C(F)(F)F)cc1C. The molecular formula is C15H12BF9N6O3. The van der Waals surface area contributed by atoms with Crippen molar-refractivity contribution in [2.75, 3.05) is 0 Å². The third kappa shape index (κ3) is 5.50. The van der Waals surface area contributed by atoms with Crippen molar-refractivity contribution in [2.45, 2.75) is 39.3 Å². The Hall–Kier alpha value is -3.54. The molecule has 0 aromatic carbocycles. The number of hydrogen-bond acceptors (Lipinski definition) is 6. The van der Waals surface area contributed by atoms with Gasteiger partial charge in [0.2, 0.25) is 0 Å². The Bertz CT molecular complexity index is 1020. The summed E-state index contributed by atoms with van der Waals surface area (Å²) < 4.78 is 131. The van der Waals surface area contributed by atoms with Crippen molar-refractivity contribution in [2.24, 2.45) is 0 Å². The minimum Gasteiger partial charge on any atom is -0.380 e. The fourth-order valence-electron chi connectivity index (χ4n) is 2.41. The van der Waals surface area contributed by atoms with Gasteiger partial charge in [-0.25, -0.2) is 0 Å². The molecule has 186 valence electrons. The molecule has 0 aliphatic heterocycles. The zero-order valence-corrected chi connectivity index (χ0v) is 17.1. The lowest BCUT2D eigenvalue weighted by molar-refractivity contribution is -0.142. The van der Waals surface area contributed by atoms with Crippen LogP contribution in [0.15, 0.2) is 18.2 Å². The first-order valence-electron chi connectivity index (χ1n) is 8.88. The average Bonchev–Trinajstić information content (AvgIpc) is 3.33. The molecule has 0 spiro atoms. The Morgan fingerprint density at radius 2 is 0.794 bits per heavy atom. The van der Waals surface area contributed by atoms with Crippen molar-refractivity contribution < 1.29 is 53.8 Å². The Morgan fingerprint density at radius 3 is 0.971 bits per heavy atom. The van der Waals surface area contributed by atoms with Gasteiger partial charge in [0.1, 0.15) is 0 Å². The highest BCUT2D eigenvalue weighted by Gasteiger charge is 2.42. The van der Waals surface area contributed by atoms with Gasteiger partial charge in [-0.15, -0.1) is 29.8 Å². The predicted molar refractivity (Wildman–Crippen MR) is 91.4 cm³/mol. The van der Waals surface area contributed by atoms with E-state index in [1.54, 1.807) is 0 Å². The van der Waals surface area contributed by atoms with E-state index in [2.05, 4.69) is 15.3 Å². The van der Waals surface area contributed by atoms with Crippen molar-refractivity contribution in [3.05, 3.63) is 52.4 Å². The van der Waals surface area contributed by atoms with Gasteiger partial charge < -0.3 is 14.3 Å². The number of aryl methyl sites for hydroxylation is 3. The second-order valence-electron chi connectivity index (χ2n) is 6.73. The largest absolute Gasteiger partial charge is 0.929 e. The molecule has 3 rings (SSSR count). The van der Waals surface area contributed by atoms with Crippen LogP contribution < -0.4 is 14.3 Å². The van der Waals surface area contributed by atoms with Gasteiger partial charge in [0.05, 0.1) is 17.1 Å². The van der Waals surface area contributed by atoms with Crippen LogP contribution in [0.3, 0.4) is 0 Å². The number of halogens is 9. The number of nitrogens with zero attached hydrogens (tertiary/aromatic N) is 6. The Kier molecular flexibility index (Phi) is 6.16. The van der Waals surface area contributed by atoms with E-state index >= 15 is 0 Å². The van der Waals surface area contributed by atoms with E-state index in [0.717, 1.165) is 20.8 Å². The fourth-order valence-corrected chi connectivity index (χ4v) is 2.41. The third-order valence-corrected chi connectivity index (χ3v) is 3.97. The molecule has 3 aromatic rings. The van der Waals surface area contributed by atoms with Crippen LogP contribution in [0.25, 0.3) is 0 Å². The van der Waals surface area contributed by atoms with Crippen molar-refractivity contribution in [1.82, 2.24) is 29.8 Å². The zero-order valence-electron chi connectivity index (χ0n) is 17.1. The second-order valence-corrected chi connectivity index (χ2v) is 6.73. The minimum atomic E-state index is -4.88. The molecule has 0 aliphatic carbocycles. The van der Waals surface area contributed by atoms with Gasteiger partial charge in [-0.2, -0.15) is 39.5 Å². The molecule has 34 heavy (non-hydrogen) atoms.